The summed E-state index contributed by atoms with van der Waals surface area (Å²) in [6.07, 6.45) is 4.70. The summed E-state index contributed by atoms with van der Waals surface area (Å²) in [6.45, 7) is 2.08. The molecule has 0 bridgehead atoms. The van der Waals surface area contributed by atoms with Gasteiger partial charge in [-0.2, -0.15) is 0 Å². The lowest BCUT2D eigenvalue weighted by molar-refractivity contribution is -0.121. The predicted molar refractivity (Wildman–Crippen MR) is 56.4 cm³/mol. The van der Waals surface area contributed by atoms with Crippen molar-refractivity contribution in [2.45, 2.75) is 44.6 Å². The summed E-state index contributed by atoms with van der Waals surface area (Å²) in [6, 6.07) is 0. The topological polar surface area (TPSA) is 55.1 Å². The first-order valence-electron chi connectivity index (χ1n) is 4.61. The van der Waals surface area contributed by atoms with Gasteiger partial charge in [0.25, 0.3) is 0 Å². The minimum Gasteiger partial charge on any atom is -0.393 e. The van der Waals surface area contributed by atoms with Crippen molar-refractivity contribution in [2.24, 2.45) is 5.73 Å². The number of thiocarbonyl (C=S) groups is 1. The molecule has 0 spiro atoms. The summed E-state index contributed by atoms with van der Waals surface area (Å²) < 4.78 is 0. The predicted octanol–water partition coefficient (Wildman–Crippen LogP) is 1.11. The van der Waals surface area contributed by atoms with Crippen LogP contribution >= 0.6 is 12.2 Å². The van der Waals surface area contributed by atoms with Gasteiger partial charge in [0.1, 0.15) is 0 Å². The Hall–Kier alpha value is -0.640. The number of nitrogens with one attached hydrogen (secondary N) is 1. The molecular weight excluding hydrogens is 184 g/mol. The molecule has 1 rings (SSSR count). The highest BCUT2D eigenvalue weighted by atomic mass is 32.1. The molecule has 0 atom stereocenters. The first-order valence-corrected chi connectivity index (χ1v) is 5.02. The van der Waals surface area contributed by atoms with Crippen LogP contribution < -0.4 is 11.1 Å². The summed E-state index contributed by atoms with van der Waals surface area (Å²) in [5, 5.41) is 2.98. The minimum atomic E-state index is -0.0445. The zero-order chi connectivity index (χ0) is 9.90. The van der Waals surface area contributed by atoms with Crippen molar-refractivity contribution < 1.29 is 4.79 Å². The largest absolute Gasteiger partial charge is 0.393 e. The molecule has 0 radical (unpaired) electrons. The maximum absolute atomic E-state index is 11.3. The van der Waals surface area contributed by atoms with Crippen LogP contribution in [0.4, 0.5) is 0 Å². The standard InChI is InChI=1S/C9H16N2OS/c1-9(4-2-3-5-9)11-8(12)6-7(10)13/h2-6H2,1H3,(H2,10,13)(H,11,12). The Morgan fingerprint density at radius 3 is 2.54 bits per heavy atom. The van der Waals surface area contributed by atoms with Crippen molar-refractivity contribution in [1.82, 2.24) is 5.32 Å². The van der Waals surface area contributed by atoms with Crippen molar-refractivity contribution in [3.63, 3.8) is 0 Å². The van der Waals surface area contributed by atoms with Crippen molar-refractivity contribution >= 4 is 23.1 Å². The average Bonchev–Trinajstić information content (AvgIpc) is 2.33. The molecule has 0 aromatic carbocycles. The van der Waals surface area contributed by atoms with E-state index in [0.29, 0.717) is 0 Å². The van der Waals surface area contributed by atoms with Crippen LogP contribution in [0.15, 0.2) is 0 Å². The van der Waals surface area contributed by atoms with Gasteiger partial charge in [-0.15, -0.1) is 0 Å². The van der Waals surface area contributed by atoms with Gasteiger partial charge in [0, 0.05) is 5.54 Å². The fourth-order valence-electron chi connectivity index (χ4n) is 1.82. The van der Waals surface area contributed by atoms with Gasteiger partial charge in [0.15, 0.2) is 0 Å². The highest BCUT2D eigenvalue weighted by Crippen LogP contribution is 2.28. The molecule has 0 aromatic heterocycles. The summed E-state index contributed by atoms with van der Waals surface area (Å²) in [5.41, 5.74) is 5.27. The molecule has 0 saturated heterocycles. The molecule has 74 valence electrons. The van der Waals surface area contributed by atoms with E-state index in [4.69, 9.17) is 5.73 Å². The van der Waals surface area contributed by atoms with E-state index < -0.39 is 0 Å². The highest BCUT2D eigenvalue weighted by Gasteiger charge is 2.29. The number of carbonyl (C=O) groups is 1. The van der Waals surface area contributed by atoms with Crippen LogP contribution in [0.3, 0.4) is 0 Å². The molecule has 0 heterocycles. The molecule has 13 heavy (non-hydrogen) atoms. The van der Waals surface area contributed by atoms with E-state index >= 15 is 0 Å². The van der Waals surface area contributed by atoms with E-state index in [2.05, 4.69) is 24.5 Å². The molecule has 1 amide bonds. The Balaban J connectivity index is 2.38. The number of hydrogen-bond acceptors (Lipinski definition) is 2. The normalized spacial score (nSPS) is 19.8. The smallest absolute Gasteiger partial charge is 0.227 e. The second kappa shape index (κ2) is 4.05. The Kier molecular flexibility index (Phi) is 3.25. The zero-order valence-corrected chi connectivity index (χ0v) is 8.75. The molecule has 1 fully saturated rings. The van der Waals surface area contributed by atoms with Gasteiger partial charge in [-0.05, 0) is 19.8 Å². The first kappa shape index (κ1) is 10.4. The molecular formula is C9H16N2OS. The molecule has 0 aliphatic heterocycles. The Morgan fingerprint density at radius 2 is 2.08 bits per heavy atom. The second-order valence-electron chi connectivity index (χ2n) is 3.96. The molecule has 3 nitrogen and oxygen atoms in total. The van der Waals surface area contributed by atoms with E-state index in [1.807, 2.05) is 0 Å². The lowest BCUT2D eigenvalue weighted by Gasteiger charge is -2.25. The Morgan fingerprint density at radius 1 is 1.54 bits per heavy atom. The molecule has 3 N–H and O–H groups in total. The first-order chi connectivity index (χ1) is 6.02. The summed E-state index contributed by atoms with van der Waals surface area (Å²) >= 11 is 4.67. The third-order valence-electron chi connectivity index (χ3n) is 2.48. The fraction of sp³-hybridized carbons (Fsp3) is 0.778. The van der Waals surface area contributed by atoms with Gasteiger partial charge in [0.2, 0.25) is 5.91 Å². The van der Waals surface area contributed by atoms with Gasteiger partial charge in [-0.25, -0.2) is 0 Å². The number of rotatable bonds is 3. The van der Waals surface area contributed by atoms with E-state index in [9.17, 15) is 4.79 Å². The minimum absolute atomic E-state index is 0.0120. The van der Waals surface area contributed by atoms with Crippen molar-refractivity contribution in [2.75, 3.05) is 0 Å². The third-order valence-corrected chi connectivity index (χ3v) is 2.63. The van der Waals surface area contributed by atoms with Gasteiger partial charge >= 0.3 is 0 Å². The maximum atomic E-state index is 11.3. The number of amides is 1. The zero-order valence-electron chi connectivity index (χ0n) is 7.93. The molecule has 0 aromatic rings. The quantitative estimate of drug-likeness (QED) is 0.671. The van der Waals surface area contributed by atoms with E-state index in [1.165, 1.54) is 12.8 Å². The van der Waals surface area contributed by atoms with Gasteiger partial charge < -0.3 is 11.1 Å². The number of nitrogens with two attached hydrogens (primary N) is 1. The van der Waals surface area contributed by atoms with E-state index in [0.717, 1.165) is 12.8 Å². The van der Waals surface area contributed by atoms with Crippen LogP contribution in [0, 0.1) is 0 Å². The second-order valence-corrected chi connectivity index (χ2v) is 4.48. The monoisotopic (exact) mass is 200 g/mol. The Labute approximate surface area is 84.1 Å². The fourth-order valence-corrected chi connectivity index (χ4v) is 1.95. The molecule has 0 unspecified atom stereocenters. The summed E-state index contributed by atoms with van der Waals surface area (Å²) in [5.74, 6) is -0.0445. The van der Waals surface area contributed by atoms with E-state index in [-0.39, 0.29) is 22.9 Å². The van der Waals surface area contributed by atoms with Gasteiger partial charge in [0.05, 0.1) is 11.4 Å². The Bertz CT molecular complexity index is 222. The van der Waals surface area contributed by atoms with Crippen molar-refractivity contribution in [3.05, 3.63) is 0 Å². The van der Waals surface area contributed by atoms with Crippen LogP contribution in [0.5, 0.6) is 0 Å². The third kappa shape index (κ3) is 3.30. The molecule has 4 heteroatoms. The van der Waals surface area contributed by atoms with Crippen molar-refractivity contribution in [1.29, 1.82) is 0 Å². The summed E-state index contributed by atoms with van der Waals surface area (Å²) in [7, 11) is 0. The molecule has 1 saturated carbocycles. The summed E-state index contributed by atoms with van der Waals surface area (Å²) in [4.78, 5) is 11.6. The average molecular weight is 200 g/mol. The SMILES string of the molecule is CC1(NC(=O)CC(N)=S)CCCC1. The van der Waals surface area contributed by atoms with Gasteiger partial charge in [-0.3, -0.25) is 4.79 Å². The van der Waals surface area contributed by atoms with Crippen LogP contribution in [0.2, 0.25) is 0 Å². The lowest BCUT2D eigenvalue weighted by atomic mass is 10.0. The number of carbonyl (C=O) groups excluding carboxylic acids is 1. The maximum Gasteiger partial charge on any atom is 0.227 e. The highest BCUT2D eigenvalue weighted by molar-refractivity contribution is 7.80. The van der Waals surface area contributed by atoms with Crippen LogP contribution in [-0.2, 0) is 4.79 Å². The van der Waals surface area contributed by atoms with Crippen LogP contribution in [-0.4, -0.2) is 16.4 Å². The van der Waals surface area contributed by atoms with E-state index in [1.54, 1.807) is 0 Å². The lowest BCUT2D eigenvalue weighted by Crippen LogP contribution is -2.44. The van der Waals surface area contributed by atoms with Gasteiger partial charge in [-0.1, -0.05) is 25.1 Å². The van der Waals surface area contributed by atoms with Crippen LogP contribution in [0.25, 0.3) is 0 Å². The van der Waals surface area contributed by atoms with Crippen LogP contribution in [0.1, 0.15) is 39.0 Å². The number of hydrogen-bond donors (Lipinski definition) is 2. The van der Waals surface area contributed by atoms with Crippen molar-refractivity contribution in [3.8, 4) is 0 Å². The molecule has 1 aliphatic rings. The molecule has 1 aliphatic carbocycles.